The molecule has 0 atom stereocenters. The zero-order valence-electron chi connectivity index (χ0n) is 8.52. The normalized spacial score (nSPS) is 15.2. The van der Waals surface area contributed by atoms with E-state index in [0.717, 1.165) is 9.13 Å². The maximum atomic E-state index is 6.94. The zero-order chi connectivity index (χ0) is 10.1. The fourth-order valence-electron chi connectivity index (χ4n) is 0.689. The van der Waals surface area contributed by atoms with Crippen molar-refractivity contribution in [2.24, 2.45) is 0 Å². The molecule has 0 amide bonds. The van der Waals surface area contributed by atoms with Gasteiger partial charge in [0.15, 0.2) is 0 Å². The second-order valence-electron chi connectivity index (χ2n) is 2.04. The van der Waals surface area contributed by atoms with E-state index in [-0.39, 0.29) is 0 Å². The summed E-state index contributed by atoms with van der Waals surface area (Å²) in [6.45, 7) is 1.89. The zero-order valence-corrected chi connectivity index (χ0v) is 7.68. The first-order valence-electron chi connectivity index (χ1n) is 4.34. The van der Waals surface area contributed by atoms with Gasteiger partial charge in [0.1, 0.15) is 5.75 Å². The maximum Gasteiger partial charge on any atom is 0.132 e. The average molecular weight is 251 g/mol. The molecule has 0 saturated heterocycles. The van der Waals surface area contributed by atoms with Crippen LogP contribution in [0.25, 0.3) is 0 Å². The van der Waals surface area contributed by atoms with Crippen LogP contribution in [0.2, 0.25) is 0 Å². The molecular formula is C8H9IO. The van der Waals surface area contributed by atoms with Gasteiger partial charge in [-0.2, -0.15) is 0 Å². The number of ether oxygens (including phenoxy) is 1. The molecule has 0 N–H and O–H groups in total. The molecule has 0 radical (unpaired) electrons. The lowest BCUT2D eigenvalue weighted by Gasteiger charge is -2.02. The molecule has 0 heterocycles. The van der Waals surface area contributed by atoms with E-state index in [1.807, 2.05) is 41.6 Å². The second kappa shape index (κ2) is 3.23. The molecule has 0 aliphatic carbocycles. The van der Waals surface area contributed by atoms with E-state index in [2.05, 4.69) is 0 Å². The van der Waals surface area contributed by atoms with Crippen LogP contribution in [-0.4, -0.2) is 7.04 Å². The smallest absolute Gasteiger partial charge is 0.132 e. The fourth-order valence-corrected chi connectivity index (χ4v) is 1.13. The SMILES string of the molecule is [2H]C([2H])([2H])Oc1cc(C)ccc1I. The number of rotatable bonds is 1. The van der Waals surface area contributed by atoms with Gasteiger partial charge in [0.25, 0.3) is 0 Å². The number of halogens is 1. The van der Waals surface area contributed by atoms with Crippen molar-refractivity contribution in [1.29, 1.82) is 0 Å². The Hall–Kier alpha value is -0.250. The molecule has 10 heavy (non-hydrogen) atoms. The van der Waals surface area contributed by atoms with Crippen LogP contribution in [0.1, 0.15) is 9.68 Å². The average Bonchev–Trinajstić information content (AvgIpc) is 1.94. The van der Waals surface area contributed by atoms with Gasteiger partial charge in [-0.05, 0) is 47.2 Å². The van der Waals surface area contributed by atoms with Crippen molar-refractivity contribution in [3.8, 4) is 5.75 Å². The summed E-state index contributed by atoms with van der Waals surface area (Å²) in [5, 5.41) is 0. The fraction of sp³-hybridized carbons (Fsp3) is 0.250. The van der Waals surface area contributed by atoms with Gasteiger partial charge in [-0.3, -0.25) is 0 Å². The molecule has 2 heteroatoms. The summed E-state index contributed by atoms with van der Waals surface area (Å²) in [5.74, 6) is 0.417. The molecule has 0 saturated carbocycles. The van der Waals surface area contributed by atoms with Crippen molar-refractivity contribution in [2.75, 3.05) is 7.04 Å². The van der Waals surface area contributed by atoms with Gasteiger partial charge in [-0.15, -0.1) is 0 Å². The van der Waals surface area contributed by atoms with Crippen LogP contribution < -0.4 is 4.74 Å². The third kappa shape index (κ3) is 1.62. The van der Waals surface area contributed by atoms with Gasteiger partial charge in [0.2, 0.25) is 0 Å². The Labute approximate surface area is 78.8 Å². The van der Waals surface area contributed by atoms with Gasteiger partial charge in [0.05, 0.1) is 14.7 Å². The number of benzene rings is 1. The molecule has 1 aromatic carbocycles. The highest BCUT2D eigenvalue weighted by Gasteiger charge is 1.96. The summed E-state index contributed by atoms with van der Waals surface area (Å²) in [6.07, 6.45) is 0. The monoisotopic (exact) mass is 251 g/mol. The summed E-state index contributed by atoms with van der Waals surface area (Å²) >= 11 is 2.04. The molecule has 54 valence electrons. The number of hydrogen-bond donors (Lipinski definition) is 0. The van der Waals surface area contributed by atoms with Crippen LogP contribution in [0.4, 0.5) is 0 Å². The Balaban J connectivity index is 2.94. The minimum absolute atomic E-state index is 0.417. The lowest BCUT2D eigenvalue weighted by atomic mass is 10.2. The minimum atomic E-state index is -2.37. The summed E-state index contributed by atoms with van der Waals surface area (Å²) in [6, 6.07) is 5.46. The van der Waals surface area contributed by atoms with Gasteiger partial charge in [-0.25, -0.2) is 0 Å². The van der Waals surface area contributed by atoms with E-state index in [0.29, 0.717) is 5.75 Å². The molecule has 0 aliphatic rings. The van der Waals surface area contributed by atoms with E-state index < -0.39 is 7.04 Å². The highest BCUT2D eigenvalue weighted by Crippen LogP contribution is 2.20. The first-order chi connectivity index (χ1) is 5.88. The van der Waals surface area contributed by atoms with Crippen LogP contribution in [0, 0.1) is 10.5 Å². The van der Waals surface area contributed by atoms with Crippen LogP contribution in [0.5, 0.6) is 5.75 Å². The predicted octanol–water partition coefficient (Wildman–Crippen LogP) is 2.61. The molecule has 0 aromatic heterocycles. The maximum absolute atomic E-state index is 6.94. The minimum Gasteiger partial charge on any atom is -0.496 e. The molecule has 0 unspecified atom stereocenters. The Morgan fingerprint density at radius 1 is 1.60 bits per heavy atom. The standard InChI is InChI=1S/C8H9IO/c1-6-3-4-7(9)8(5-6)10-2/h3-5H,1-2H3/i2D3. The van der Waals surface area contributed by atoms with Gasteiger partial charge in [-0.1, -0.05) is 6.07 Å². The largest absolute Gasteiger partial charge is 0.496 e. The first-order valence-corrected chi connectivity index (χ1v) is 3.91. The molecular weight excluding hydrogens is 239 g/mol. The number of aryl methyl sites for hydroxylation is 1. The van der Waals surface area contributed by atoms with Crippen LogP contribution in [-0.2, 0) is 0 Å². The molecule has 0 spiro atoms. The van der Waals surface area contributed by atoms with Crippen molar-refractivity contribution < 1.29 is 8.85 Å². The van der Waals surface area contributed by atoms with Gasteiger partial charge < -0.3 is 4.74 Å². The Morgan fingerprint density at radius 2 is 2.40 bits per heavy atom. The van der Waals surface area contributed by atoms with Crippen LogP contribution in [0.15, 0.2) is 18.2 Å². The molecule has 1 rings (SSSR count). The quantitative estimate of drug-likeness (QED) is 0.697. The van der Waals surface area contributed by atoms with Crippen molar-refractivity contribution in [3.63, 3.8) is 0 Å². The summed E-state index contributed by atoms with van der Waals surface area (Å²) in [5.41, 5.74) is 0.986. The topological polar surface area (TPSA) is 9.23 Å². The highest BCUT2D eigenvalue weighted by molar-refractivity contribution is 14.1. The number of methoxy groups -OCH3 is 1. The lowest BCUT2D eigenvalue weighted by Crippen LogP contribution is -1.86. The third-order valence-corrected chi connectivity index (χ3v) is 2.09. The van der Waals surface area contributed by atoms with Crippen LogP contribution in [0.3, 0.4) is 0 Å². The Morgan fingerprint density at radius 3 is 3.10 bits per heavy atom. The second-order valence-corrected chi connectivity index (χ2v) is 3.20. The van der Waals surface area contributed by atoms with Crippen molar-refractivity contribution >= 4 is 22.6 Å². The highest BCUT2D eigenvalue weighted by atomic mass is 127. The molecule has 1 nitrogen and oxygen atoms in total. The van der Waals surface area contributed by atoms with Crippen molar-refractivity contribution in [3.05, 3.63) is 27.3 Å². The predicted molar refractivity (Wildman–Crippen MR) is 50.4 cm³/mol. The van der Waals surface area contributed by atoms with Crippen LogP contribution >= 0.6 is 22.6 Å². The summed E-state index contributed by atoms with van der Waals surface area (Å²) < 4.78 is 26.4. The first kappa shape index (κ1) is 4.59. The van der Waals surface area contributed by atoms with E-state index in [1.54, 1.807) is 6.07 Å². The van der Waals surface area contributed by atoms with E-state index >= 15 is 0 Å². The third-order valence-electron chi connectivity index (χ3n) is 1.20. The van der Waals surface area contributed by atoms with Gasteiger partial charge in [0, 0.05) is 0 Å². The Kier molecular flexibility index (Phi) is 1.48. The molecule has 0 bridgehead atoms. The summed E-state index contributed by atoms with van der Waals surface area (Å²) in [4.78, 5) is 0. The van der Waals surface area contributed by atoms with Crippen molar-refractivity contribution in [1.82, 2.24) is 0 Å². The van der Waals surface area contributed by atoms with E-state index in [9.17, 15) is 0 Å². The van der Waals surface area contributed by atoms with Crippen molar-refractivity contribution in [2.45, 2.75) is 6.92 Å². The number of hydrogen-bond acceptors (Lipinski definition) is 1. The molecule has 1 aromatic rings. The van der Waals surface area contributed by atoms with E-state index in [1.165, 1.54) is 0 Å². The molecule has 0 aliphatic heterocycles. The molecule has 0 fully saturated rings. The summed E-state index contributed by atoms with van der Waals surface area (Å²) in [7, 11) is -2.37. The lowest BCUT2D eigenvalue weighted by molar-refractivity contribution is 0.411. The van der Waals surface area contributed by atoms with E-state index in [4.69, 9.17) is 8.85 Å². The Bertz CT molecular complexity index is 309. The van der Waals surface area contributed by atoms with Gasteiger partial charge >= 0.3 is 0 Å².